The van der Waals surface area contributed by atoms with Gasteiger partial charge < -0.3 is 14.7 Å². The van der Waals surface area contributed by atoms with Crippen LogP contribution in [0.25, 0.3) is 0 Å². The van der Waals surface area contributed by atoms with Crippen molar-refractivity contribution in [3.05, 3.63) is 59.2 Å². The van der Waals surface area contributed by atoms with Gasteiger partial charge in [0.15, 0.2) is 11.5 Å². The number of rotatable bonds is 3. The molecule has 2 fully saturated rings. The number of nitrogens with zero attached hydrogens (tertiary/aromatic N) is 1. The molecule has 1 saturated carbocycles. The lowest BCUT2D eigenvalue weighted by Gasteiger charge is -2.58. The molecule has 0 spiro atoms. The maximum Gasteiger partial charge on any atom is 0.161 e. The van der Waals surface area contributed by atoms with Crippen molar-refractivity contribution in [3.63, 3.8) is 0 Å². The molecule has 2 aromatic carbocycles. The number of piperidine rings is 1. The minimum absolute atomic E-state index is 0.226. The molecule has 2 aliphatic carbocycles. The van der Waals surface area contributed by atoms with E-state index in [-0.39, 0.29) is 11.2 Å². The number of Topliss-reactive ketones (excluding diaryl/α,β-unsaturated/α-hetero) is 1. The first kappa shape index (κ1) is 17.7. The summed E-state index contributed by atoms with van der Waals surface area (Å²) >= 11 is 0. The predicted molar refractivity (Wildman–Crippen MR) is 108 cm³/mol. The van der Waals surface area contributed by atoms with Crippen LogP contribution in [-0.2, 0) is 23.2 Å². The van der Waals surface area contributed by atoms with Gasteiger partial charge in [0.05, 0.1) is 0 Å². The maximum atomic E-state index is 12.5. The Labute approximate surface area is 166 Å². The number of benzene rings is 2. The molecule has 28 heavy (non-hydrogen) atoms. The number of phenols is 1. The fourth-order valence-corrected chi connectivity index (χ4v) is 5.96. The van der Waals surface area contributed by atoms with Crippen LogP contribution in [0.3, 0.4) is 0 Å². The van der Waals surface area contributed by atoms with Crippen molar-refractivity contribution in [1.29, 1.82) is 0 Å². The second-order valence-electron chi connectivity index (χ2n) is 8.74. The number of ether oxygens (including phenoxy) is 1. The van der Waals surface area contributed by atoms with Crippen LogP contribution in [0, 0.1) is 5.92 Å². The number of aromatic hydroxyl groups is 1. The number of ketones is 1. The zero-order valence-corrected chi connectivity index (χ0v) is 16.4. The molecule has 1 saturated heterocycles. The number of hydrogen-bond acceptors (Lipinski definition) is 4. The van der Waals surface area contributed by atoms with Crippen LogP contribution in [0.4, 0.5) is 0 Å². The fraction of sp³-hybridized carbons (Fsp3) is 0.458. The molecular weight excluding hydrogens is 350 g/mol. The minimum atomic E-state index is -0.226. The highest BCUT2D eigenvalue weighted by atomic mass is 16.5. The SMILES string of the molecule is CN1CC[C@@]23CC(=O)CC[C@@H]2[C@@H]1Cc1ccc(OCc2ccccc2)c(O)c13. The molecule has 146 valence electrons. The Bertz CT molecular complexity index is 910. The number of likely N-dealkylation sites (N-methyl/N-ethyl adjacent to an activating group) is 1. The van der Waals surface area contributed by atoms with Crippen LogP contribution in [0.5, 0.6) is 11.5 Å². The van der Waals surface area contributed by atoms with Gasteiger partial charge in [0, 0.05) is 29.9 Å². The molecule has 2 bridgehead atoms. The van der Waals surface area contributed by atoms with Crippen LogP contribution in [-0.4, -0.2) is 35.4 Å². The lowest BCUT2D eigenvalue weighted by molar-refractivity contribution is -0.126. The van der Waals surface area contributed by atoms with Crippen molar-refractivity contribution in [1.82, 2.24) is 4.90 Å². The Morgan fingerprint density at radius 2 is 2.04 bits per heavy atom. The highest BCUT2D eigenvalue weighted by molar-refractivity contribution is 5.82. The van der Waals surface area contributed by atoms with Gasteiger partial charge >= 0.3 is 0 Å². The van der Waals surface area contributed by atoms with Crippen molar-refractivity contribution < 1.29 is 14.6 Å². The number of fused-ring (bicyclic) bond motifs is 1. The van der Waals surface area contributed by atoms with Crippen LogP contribution in [0.2, 0.25) is 0 Å². The third-order valence-electron chi connectivity index (χ3n) is 7.29. The lowest BCUT2D eigenvalue weighted by atomic mass is 9.52. The van der Waals surface area contributed by atoms with Crippen molar-refractivity contribution in [3.8, 4) is 11.5 Å². The summed E-state index contributed by atoms with van der Waals surface area (Å²) in [6.07, 6.45) is 4.04. The van der Waals surface area contributed by atoms with Crippen molar-refractivity contribution in [2.24, 2.45) is 5.92 Å². The summed E-state index contributed by atoms with van der Waals surface area (Å²) in [5.41, 5.74) is 3.03. The Kier molecular flexibility index (Phi) is 4.20. The van der Waals surface area contributed by atoms with Crippen LogP contribution >= 0.6 is 0 Å². The Morgan fingerprint density at radius 1 is 1.21 bits per heavy atom. The molecular formula is C24H27NO3. The van der Waals surface area contributed by atoms with Gasteiger partial charge in [0.25, 0.3) is 0 Å². The summed E-state index contributed by atoms with van der Waals surface area (Å²) < 4.78 is 6.01. The standard InChI is InChI=1S/C24H27NO3/c1-25-12-11-24-14-18(26)8-9-19(24)20(25)13-17-7-10-21(23(27)22(17)24)28-15-16-5-3-2-4-6-16/h2-7,10,19-20,27H,8-9,11-15H2,1H3/t19-,20+,24-/m1/s1. The molecule has 4 heteroatoms. The molecule has 0 unspecified atom stereocenters. The predicted octanol–water partition coefficient (Wildman–Crippen LogP) is 3.84. The third-order valence-corrected chi connectivity index (χ3v) is 7.29. The first-order valence-corrected chi connectivity index (χ1v) is 10.3. The second kappa shape index (κ2) is 6.63. The van der Waals surface area contributed by atoms with Crippen molar-refractivity contribution in [2.75, 3.05) is 13.6 Å². The average molecular weight is 377 g/mol. The smallest absolute Gasteiger partial charge is 0.161 e. The Morgan fingerprint density at radius 3 is 2.86 bits per heavy atom. The first-order valence-electron chi connectivity index (χ1n) is 10.3. The highest BCUT2D eigenvalue weighted by Gasteiger charge is 2.56. The first-order chi connectivity index (χ1) is 13.6. The number of carbonyl (C=O) groups is 1. The monoisotopic (exact) mass is 377 g/mol. The zero-order chi connectivity index (χ0) is 19.3. The molecule has 4 nitrogen and oxygen atoms in total. The molecule has 0 radical (unpaired) electrons. The van der Waals surface area contributed by atoms with E-state index in [2.05, 4.69) is 18.0 Å². The lowest BCUT2D eigenvalue weighted by Crippen LogP contribution is -2.60. The highest BCUT2D eigenvalue weighted by Crippen LogP contribution is 2.58. The van der Waals surface area contributed by atoms with Crippen LogP contribution < -0.4 is 4.74 Å². The zero-order valence-electron chi connectivity index (χ0n) is 16.4. The summed E-state index contributed by atoms with van der Waals surface area (Å²) in [6, 6.07) is 14.5. The Hall–Kier alpha value is -2.33. The molecule has 2 aromatic rings. The van der Waals surface area contributed by atoms with Crippen molar-refractivity contribution >= 4 is 5.78 Å². The van der Waals surface area contributed by atoms with E-state index < -0.39 is 0 Å². The number of hydrogen-bond donors (Lipinski definition) is 1. The summed E-state index contributed by atoms with van der Waals surface area (Å²) in [5, 5.41) is 11.3. The van der Waals surface area contributed by atoms with Crippen molar-refractivity contribution in [2.45, 2.75) is 50.2 Å². The van der Waals surface area contributed by atoms with Gasteiger partial charge in [-0.15, -0.1) is 0 Å². The maximum absolute atomic E-state index is 12.5. The number of likely N-dealkylation sites (tertiary alicyclic amines) is 1. The van der Waals surface area contributed by atoms with Crippen LogP contribution in [0.15, 0.2) is 42.5 Å². The summed E-state index contributed by atoms with van der Waals surface area (Å²) in [7, 11) is 2.20. The molecule has 3 aliphatic rings. The number of phenolic OH excluding ortho intramolecular Hbond substituents is 1. The van der Waals surface area contributed by atoms with Gasteiger partial charge in [0.1, 0.15) is 12.4 Å². The van der Waals surface area contributed by atoms with Gasteiger partial charge in [-0.3, -0.25) is 4.79 Å². The molecule has 1 N–H and O–H groups in total. The van der Waals surface area contributed by atoms with E-state index in [0.29, 0.717) is 42.9 Å². The van der Waals surface area contributed by atoms with Gasteiger partial charge in [0.2, 0.25) is 0 Å². The second-order valence-corrected chi connectivity index (χ2v) is 8.74. The number of carbonyl (C=O) groups excluding carboxylic acids is 1. The van der Waals surface area contributed by atoms with Gasteiger partial charge in [-0.25, -0.2) is 0 Å². The van der Waals surface area contributed by atoms with E-state index in [4.69, 9.17) is 4.74 Å². The molecule has 1 heterocycles. The normalized spacial score (nSPS) is 29.1. The summed E-state index contributed by atoms with van der Waals surface area (Å²) in [6.45, 7) is 1.40. The van der Waals surface area contributed by atoms with Gasteiger partial charge in [-0.05, 0) is 56.0 Å². The van der Waals surface area contributed by atoms with Gasteiger partial charge in [-0.2, -0.15) is 0 Å². The van der Waals surface area contributed by atoms with E-state index in [1.807, 2.05) is 36.4 Å². The summed E-state index contributed by atoms with van der Waals surface area (Å²) in [5.74, 6) is 1.57. The van der Waals surface area contributed by atoms with E-state index in [1.165, 1.54) is 5.56 Å². The third kappa shape index (κ3) is 2.66. The molecule has 5 rings (SSSR count). The minimum Gasteiger partial charge on any atom is -0.504 e. The summed E-state index contributed by atoms with van der Waals surface area (Å²) in [4.78, 5) is 14.9. The molecule has 0 amide bonds. The fourth-order valence-electron chi connectivity index (χ4n) is 5.96. The molecule has 0 aromatic heterocycles. The van der Waals surface area contributed by atoms with E-state index in [0.717, 1.165) is 36.9 Å². The quantitative estimate of drug-likeness (QED) is 0.883. The Balaban J connectivity index is 1.55. The van der Waals surface area contributed by atoms with Gasteiger partial charge in [-0.1, -0.05) is 36.4 Å². The topological polar surface area (TPSA) is 49.8 Å². The van der Waals surface area contributed by atoms with E-state index >= 15 is 0 Å². The largest absolute Gasteiger partial charge is 0.504 e. The molecule has 1 aliphatic heterocycles. The molecule has 3 atom stereocenters. The van der Waals surface area contributed by atoms with Crippen LogP contribution in [0.1, 0.15) is 42.4 Å². The van der Waals surface area contributed by atoms with E-state index in [9.17, 15) is 9.90 Å². The van der Waals surface area contributed by atoms with E-state index in [1.54, 1.807) is 0 Å². The average Bonchev–Trinajstić information content (AvgIpc) is 2.70.